The smallest absolute Gasteiger partial charge is 0.233 e. The molecule has 6 heteroatoms. The third kappa shape index (κ3) is 4.33. The summed E-state index contributed by atoms with van der Waals surface area (Å²) < 4.78 is 6.31. The van der Waals surface area contributed by atoms with Gasteiger partial charge in [-0.2, -0.15) is 0 Å². The molecule has 4 aromatic rings. The number of anilines is 1. The van der Waals surface area contributed by atoms with Gasteiger partial charge in [-0.3, -0.25) is 14.7 Å². The number of amides is 1. The third-order valence-electron chi connectivity index (χ3n) is 5.00. The van der Waals surface area contributed by atoms with Gasteiger partial charge in [-0.25, -0.2) is 4.98 Å². The van der Waals surface area contributed by atoms with E-state index >= 15 is 0 Å². The number of benzene rings is 2. The van der Waals surface area contributed by atoms with E-state index in [1.54, 1.807) is 18.2 Å². The fourth-order valence-electron chi connectivity index (χ4n) is 3.35. The fraction of sp³-hybridized carbons (Fsp3) is 0.208. The summed E-state index contributed by atoms with van der Waals surface area (Å²) in [6.07, 6.45) is 2.06. The molecule has 0 N–H and O–H groups in total. The van der Waals surface area contributed by atoms with E-state index in [1.165, 1.54) is 16.9 Å². The molecule has 0 aliphatic heterocycles. The molecule has 0 unspecified atom stereocenters. The predicted octanol–water partition coefficient (Wildman–Crippen LogP) is 5.09. The molecular formula is C24H23N3O2S. The number of methoxy groups -OCH3 is 1. The van der Waals surface area contributed by atoms with E-state index in [9.17, 15) is 4.79 Å². The van der Waals surface area contributed by atoms with Crippen LogP contribution in [0.15, 0.2) is 60.8 Å². The molecule has 152 valence electrons. The first-order chi connectivity index (χ1) is 14.5. The predicted molar refractivity (Wildman–Crippen MR) is 121 cm³/mol. The van der Waals surface area contributed by atoms with Crippen molar-refractivity contribution >= 4 is 32.6 Å². The Morgan fingerprint density at radius 1 is 1.10 bits per heavy atom. The van der Waals surface area contributed by atoms with Gasteiger partial charge in [0.2, 0.25) is 5.91 Å². The lowest BCUT2D eigenvalue weighted by Gasteiger charge is -2.20. The Labute approximate surface area is 180 Å². The van der Waals surface area contributed by atoms with Gasteiger partial charge in [-0.15, -0.1) is 0 Å². The molecule has 5 nitrogen and oxygen atoms in total. The van der Waals surface area contributed by atoms with Crippen molar-refractivity contribution in [3.63, 3.8) is 0 Å². The highest BCUT2D eigenvalue weighted by Gasteiger charge is 2.22. The molecule has 0 aliphatic carbocycles. The molecule has 0 spiro atoms. The largest absolute Gasteiger partial charge is 0.497 e. The number of hydrogen-bond donors (Lipinski definition) is 0. The fourth-order valence-corrected chi connectivity index (χ4v) is 4.36. The summed E-state index contributed by atoms with van der Waals surface area (Å²) in [5.74, 6) is 0.772. The summed E-state index contributed by atoms with van der Waals surface area (Å²) >= 11 is 1.49. The van der Waals surface area contributed by atoms with Gasteiger partial charge in [0.15, 0.2) is 5.13 Å². The van der Waals surface area contributed by atoms with Crippen molar-refractivity contribution in [1.82, 2.24) is 9.97 Å². The summed E-state index contributed by atoms with van der Waals surface area (Å²) in [5.41, 5.74) is 5.01. The molecule has 0 aliphatic rings. The molecule has 2 aromatic carbocycles. The first kappa shape index (κ1) is 20.0. The van der Waals surface area contributed by atoms with Crippen molar-refractivity contribution in [2.45, 2.75) is 26.8 Å². The number of nitrogens with zero attached hydrogens (tertiary/aromatic N) is 3. The Kier molecular flexibility index (Phi) is 5.77. The van der Waals surface area contributed by atoms with Crippen molar-refractivity contribution < 1.29 is 9.53 Å². The van der Waals surface area contributed by atoms with Crippen molar-refractivity contribution in [1.29, 1.82) is 0 Å². The van der Waals surface area contributed by atoms with Crippen LogP contribution in [0.3, 0.4) is 0 Å². The number of ether oxygens (including phenoxy) is 1. The number of hydrogen-bond acceptors (Lipinski definition) is 5. The average Bonchev–Trinajstić information content (AvgIpc) is 3.17. The first-order valence-electron chi connectivity index (χ1n) is 9.74. The van der Waals surface area contributed by atoms with Crippen LogP contribution in [-0.2, 0) is 17.8 Å². The van der Waals surface area contributed by atoms with Crippen LogP contribution >= 0.6 is 11.3 Å². The van der Waals surface area contributed by atoms with Crippen molar-refractivity contribution in [3.8, 4) is 5.75 Å². The minimum Gasteiger partial charge on any atom is -0.497 e. The monoisotopic (exact) mass is 417 g/mol. The highest BCUT2D eigenvalue weighted by atomic mass is 32.1. The van der Waals surface area contributed by atoms with Gasteiger partial charge >= 0.3 is 0 Å². The zero-order chi connectivity index (χ0) is 21.1. The molecule has 2 aromatic heterocycles. The molecular weight excluding hydrogens is 394 g/mol. The lowest BCUT2D eigenvalue weighted by atomic mass is 10.0. The number of rotatable bonds is 6. The minimum absolute atomic E-state index is 0.00127. The molecule has 0 bridgehead atoms. The molecule has 4 rings (SSSR count). The molecule has 2 heterocycles. The second kappa shape index (κ2) is 8.63. The summed E-state index contributed by atoms with van der Waals surface area (Å²) in [5, 5.41) is 0.665. The summed E-state index contributed by atoms with van der Waals surface area (Å²) in [6, 6.07) is 17.7. The molecule has 1 amide bonds. The number of carbonyl (C=O) groups excluding carboxylic acids is 1. The van der Waals surface area contributed by atoms with Crippen LogP contribution in [-0.4, -0.2) is 23.0 Å². The number of aryl methyl sites for hydroxylation is 2. The van der Waals surface area contributed by atoms with E-state index in [1.807, 2.05) is 55.5 Å². The van der Waals surface area contributed by atoms with E-state index in [0.717, 1.165) is 32.8 Å². The van der Waals surface area contributed by atoms with Crippen LogP contribution in [0, 0.1) is 13.8 Å². The van der Waals surface area contributed by atoms with Gasteiger partial charge in [0, 0.05) is 6.20 Å². The van der Waals surface area contributed by atoms with Crippen LogP contribution in [0.4, 0.5) is 5.13 Å². The molecule has 0 saturated heterocycles. The van der Waals surface area contributed by atoms with Crippen LogP contribution in [0.2, 0.25) is 0 Å². The number of thiazole rings is 1. The normalized spacial score (nSPS) is 10.9. The maximum atomic E-state index is 13.4. The standard InChI is InChI=1S/C24H23N3O2S/c1-16-7-8-18(17(2)12-16)13-23(28)27(15-19-6-4-5-11-25-19)24-26-21-10-9-20(29-3)14-22(21)30-24/h4-12,14H,13,15H2,1-3H3. The zero-order valence-corrected chi connectivity index (χ0v) is 18.1. The number of aromatic nitrogens is 2. The van der Waals surface area contributed by atoms with Crippen LogP contribution < -0.4 is 9.64 Å². The third-order valence-corrected chi connectivity index (χ3v) is 6.04. The van der Waals surface area contributed by atoms with Crippen molar-refractivity contribution in [2.24, 2.45) is 0 Å². The van der Waals surface area contributed by atoms with Crippen LogP contribution in [0.25, 0.3) is 10.2 Å². The molecule has 0 fully saturated rings. The average molecular weight is 418 g/mol. The SMILES string of the molecule is COc1ccc2nc(N(Cc3ccccn3)C(=O)Cc3ccc(C)cc3C)sc2c1. The van der Waals surface area contributed by atoms with Gasteiger partial charge in [0.05, 0.1) is 36.0 Å². The van der Waals surface area contributed by atoms with Gasteiger partial charge < -0.3 is 4.74 Å². The van der Waals surface area contributed by atoms with Gasteiger partial charge in [0.1, 0.15) is 5.75 Å². The van der Waals surface area contributed by atoms with Gasteiger partial charge in [0.25, 0.3) is 0 Å². The molecule has 30 heavy (non-hydrogen) atoms. The van der Waals surface area contributed by atoms with Crippen LogP contribution in [0.5, 0.6) is 5.75 Å². The zero-order valence-electron chi connectivity index (χ0n) is 17.3. The van der Waals surface area contributed by atoms with E-state index in [2.05, 4.69) is 18.0 Å². The number of pyridine rings is 1. The molecule has 0 atom stereocenters. The molecule has 0 saturated carbocycles. The quantitative estimate of drug-likeness (QED) is 0.438. The Morgan fingerprint density at radius 3 is 2.70 bits per heavy atom. The Morgan fingerprint density at radius 2 is 1.97 bits per heavy atom. The summed E-state index contributed by atoms with van der Waals surface area (Å²) in [7, 11) is 1.64. The highest BCUT2D eigenvalue weighted by molar-refractivity contribution is 7.22. The van der Waals surface area contributed by atoms with E-state index in [4.69, 9.17) is 9.72 Å². The highest BCUT2D eigenvalue weighted by Crippen LogP contribution is 2.32. The van der Waals surface area contributed by atoms with Crippen molar-refractivity contribution in [3.05, 3.63) is 83.2 Å². The van der Waals surface area contributed by atoms with Gasteiger partial charge in [-0.05, 0) is 55.3 Å². The summed E-state index contributed by atoms with van der Waals surface area (Å²) in [4.78, 5) is 24.3. The lowest BCUT2D eigenvalue weighted by molar-refractivity contribution is -0.118. The minimum atomic E-state index is -0.00127. The Hall–Kier alpha value is -3.25. The first-order valence-corrected chi connectivity index (χ1v) is 10.6. The maximum absolute atomic E-state index is 13.4. The van der Waals surface area contributed by atoms with Gasteiger partial charge in [-0.1, -0.05) is 41.2 Å². The van der Waals surface area contributed by atoms with Crippen LogP contribution in [0.1, 0.15) is 22.4 Å². The number of carbonyl (C=O) groups is 1. The van der Waals surface area contributed by atoms with Crippen molar-refractivity contribution in [2.75, 3.05) is 12.0 Å². The maximum Gasteiger partial charge on any atom is 0.233 e. The number of fused-ring (bicyclic) bond motifs is 1. The van der Waals surface area contributed by atoms with E-state index in [0.29, 0.717) is 18.1 Å². The topological polar surface area (TPSA) is 55.3 Å². The Balaban J connectivity index is 1.69. The second-order valence-corrected chi connectivity index (χ2v) is 8.25. The van der Waals surface area contributed by atoms with E-state index < -0.39 is 0 Å². The summed E-state index contributed by atoms with van der Waals surface area (Å²) in [6.45, 7) is 4.48. The second-order valence-electron chi connectivity index (χ2n) is 7.24. The Bertz CT molecular complexity index is 1190. The lowest BCUT2D eigenvalue weighted by Crippen LogP contribution is -2.32. The van der Waals surface area contributed by atoms with E-state index in [-0.39, 0.29) is 5.91 Å². The molecule has 0 radical (unpaired) electrons.